The average molecular weight is 487 g/mol. The van der Waals surface area contributed by atoms with Gasteiger partial charge in [-0.1, -0.05) is 133 Å². The Balaban J connectivity index is 1.70. The van der Waals surface area contributed by atoms with Crippen LogP contribution in [-0.4, -0.2) is 5.71 Å². The standard InChI is InChI=1S/C33H27ClN2/c34-29-23-21-28(22-24-29)32(35-30-19-11-4-12-20-30)33(27-17-9-3-10-18-27)36-31(25-13-5-1-6-14-25)26-15-7-2-8-16-26/h1-24,32-33,35H/t32-,33+/m1/s1. The highest BCUT2D eigenvalue weighted by molar-refractivity contribution is 6.30. The van der Waals surface area contributed by atoms with Gasteiger partial charge in [-0.3, -0.25) is 4.99 Å². The van der Waals surface area contributed by atoms with Crippen LogP contribution in [0.15, 0.2) is 151 Å². The summed E-state index contributed by atoms with van der Waals surface area (Å²) < 4.78 is 0. The molecule has 0 spiro atoms. The Kier molecular flexibility index (Phi) is 7.55. The lowest BCUT2D eigenvalue weighted by molar-refractivity contribution is 0.613. The number of benzene rings is 5. The molecule has 3 heteroatoms. The van der Waals surface area contributed by atoms with Crippen LogP contribution >= 0.6 is 11.6 Å². The van der Waals surface area contributed by atoms with E-state index in [-0.39, 0.29) is 12.1 Å². The number of halogens is 1. The van der Waals surface area contributed by atoms with Gasteiger partial charge in [-0.25, -0.2) is 0 Å². The minimum Gasteiger partial charge on any atom is -0.376 e. The van der Waals surface area contributed by atoms with Crippen molar-refractivity contribution in [1.29, 1.82) is 0 Å². The van der Waals surface area contributed by atoms with E-state index in [1.165, 1.54) is 0 Å². The van der Waals surface area contributed by atoms with Gasteiger partial charge in [-0.2, -0.15) is 0 Å². The van der Waals surface area contributed by atoms with E-state index in [4.69, 9.17) is 16.6 Å². The fraction of sp³-hybridized carbons (Fsp3) is 0.0606. The lowest BCUT2D eigenvalue weighted by atomic mass is 9.92. The van der Waals surface area contributed by atoms with Gasteiger partial charge in [-0.05, 0) is 35.4 Å². The fourth-order valence-electron chi connectivity index (χ4n) is 4.37. The minimum atomic E-state index is -0.206. The van der Waals surface area contributed by atoms with Crippen molar-refractivity contribution in [2.24, 2.45) is 4.99 Å². The van der Waals surface area contributed by atoms with E-state index >= 15 is 0 Å². The molecule has 0 fully saturated rings. The highest BCUT2D eigenvalue weighted by Crippen LogP contribution is 2.37. The number of aliphatic imine (C=N–C) groups is 1. The summed E-state index contributed by atoms with van der Waals surface area (Å²) in [5, 5.41) is 4.49. The summed E-state index contributed by atoms with van der Waals surface area (Å²) in [5.74, 6) is 0. The first-order chi connectivity index (χ1) is 17.8. The van der Waals surface area contributed by atoms with E-state index in [1.807, 2.05) is 48.5 Å². The molecule has 0 unspecified atom stereocenters. The summed E-state index contributed by atoms with van der Waals surface area (Å²) in [7, 11) is 0. The zero-order valence-corrected chi connectivity index (χ0v) is 20.6. The van der Waals surface area contributed by atoms with Crippen molar-refractivity contribution < 1.29 is 0 Å². The first kappa shape index (κ1) is 23.6. The van der Waals surface area contributed by atoms with Crippen LogP contribution in [0.25, 0.3) is 0 Å². The van der Waals surface area contributed by atoms with Gasteiger partial charge in [-0.15, -0.1) is 0 Å². The normalized spacial score (nSPS) is 12.4. The molecular weight excluding hydrogens is 460 g/mol. The van der Waals surface area contributed by atoms with Crippen molar-refractivity contribution in [2.75, 3.05) is 5.32 Å². The Morgan fingerprint density at radius 2 is 1.00 bits per heavy atom. The third kappa shape index (κ3) is 5.73. The largest absolute Gasteiger partial charge is 0.376 e. The molecule has 0 saturated heterocycles. The summed E-state index contributed by atoms with van der Waals surface area (Å²) in [6, 6.07) is 49.3. The van der Waals surface area contributed by atoms with Crippen LogP contribution in [0, 0.1) is 0 Å². The summed E-state index contributed by atoms with van der Waals surface area (Å²) in [5.41, 5.74) is 6.40. The molecule has 2 nitrogen and oxygen atoms in total. The van der Waals surface area contributed by atoms with Gasteiger partial charge >= 0.3 is 0 Å². The molecule has 0 radical (unpaired) electrons. The summed E-state index contributed by atoms with van der Waals surface area (Å²) in [6.07, 6.45) is 0. The smallest absolute Gasteiger partial charge is 0.0999 e. The fourth-order valence-corrected chi connectivity index (χ4v) is 4.49. The molecule has 1 N–H and O–H groups in total. The zero-order valence-electron chi connectivity index (χ0n) is 19.8. The number of para-hydroxylation sites is 1. The van der Waals surface area contributed by atoms with Gasteiger partial charge < -0.3 is 5.32 Å². The van der Waals surface area contributed by atoms with Gasteiger partial charge in [0, 0.05) is 21.8 Å². The topological polar surface area (TPSA) is 24.4 Å². The second-order valence-corrected chi connectivity index (χ2v) is 9.04. The quantitative estimate of drug-likeness (QED) is 0.218. The van der Waals surface area contributed by atoms with Gasteiger partial charge in [0.05, 0.1) is 17.8 Å². The Morgan fingerprint density at radius 1 is 0.528 bits per heavy atom. The number of anilines is 1. The van der Waals surface area contributed by atoms with Crippen molar-refractivity contribution in [1.82, 2.24) is 0 Å². The van der Waals surface area contributed by atoms with Crippen LogP contribution in [0.4, 0.5) is 5.69 Å². The number of rotatable bonds is 8. The second kappa shape index (κ2) is 11.5. The molecule has 0 saturated carbocycles. The SMILES string of the molecule is Clc1ccc([C@@H](Nc2ccccc2)[C@@H](N=C(c2ccccc2)c2ccccc2)c2ccccc2)cc1. The molecule has 0 aliphatic carbocycles. The van der Waals surface area contributed by atoms with Gasteiger partial charge in [0.1, 0.15) is 0 Å². The van der Waals surface area contributed by atoms with Gasteiger partial charge in [0.25, 0.3) is 0 Å². The maximum absolute atomic E-state index is 6.27. The minimum absolute atomic E-state index is 0.130. The van der Waals surface area contributed by atoms with E-state index in [0.29, 0.717) is 5.02 Å². The molecular formula is C33H27ClN2. The van der Waals surface area contributed by atoms with Crippen molar-refractivity contribution in [2.45, 2.75) is 12.1 Å². The molecule has 0 bridgehead atoms. The second-order valence-electron chi connectivity index (χ2n) is 8.60. The number of nitrogens with one attached hydrogen (secondary N) is 1. The number of hydrogen-bond donors (Lipinski definition) is 1. The maximum atomic E-state index is 6.27. The molecule has 2 atom stereocenters. The zero-order chi connectivity index (χ0) is 24.6. The first-order valence-corrected chi connectivity index (χ1v) is 12.5. The van der Waals surface area contributed by atoms with Crippen LogP contribution in [0.1, 0.15) is 34.3 Å². The van der Waals surface area contributed by atoms with Crippen LogP contribution in [-0.2, 0) is 0 Å². The van der Waals surface area contributed by atoms with Crippen molar-refractivity contribution >= 4 is 23.0 Å². The van der Waals surface area contributed by atoms with E-state index in [2.05, 4.69) is 102 Å². The highest BCUT2D eigenvalue weighted by Gasteiger charge is 2.26. The number of nitrogens with zero attached hydrogens (tertiary/aromatic N) is 1. The van der Waals surface area contributed by atoms with Gasteiger partial charge in [0.15, 0.2) is 0 Å². The third-order valence-corrected chi connectivity index (χ3v) is 6.40. The molecule has 0 aliphatic rings. The van der Waals surface area contributed by atoms with Crippen LogP contribution in [0.2, 0.25) is 5.02 Å². The van der Waals surface area contributed by atoms with E-state index in [0.717, 1.165) is 33.7 Å². The predicted octanol–water partition coefficient (Wildman–Crippen LogP) is 8.77. The third-order valence-electron chi connectivity index (χ3n) is 6.14. The number of hydrogen-bond acceptors (Lipinski definition) is 2. The van der Waals surface area contributed by atoms with E-state index in [9.17, 15) is 0 Å². The summed E-state index contributed by atoms with van der Waals surface area (Å²) in [6.45, 7) is 0. The van der Waals surface area contributed by atoms with Gasteiger partial charge in [0.2, 0.25) is 0 Å². The average Bonchev–Trinajstić information content (AvgIpc) is 2.95. The predicted molar refractivity (Wildman–Crippen MR) is 152 cm³/mol. The monoisotopic (exact) mass is 486 g/mol. The molecule has 5 aromatic carbocycles. The first-order valence-electron chi connectivity index (χ1n) is 12.1. The molecule has 0 aromatic heterocycles. The van der Waals surface area contributed by atoms with Crippen molar-refractivity contribution in [3.8, 4) is 0 Å². The summed E-state index contributed by atoms with van der Waals surface area (Å²) in [4.78, 5) is 5.50. The molecule has 5 aromatic rings. The summed E-state index contributed by atoms with van der Waals surface area (Å²) >= 11 is 6.27. The molecule has 0 amide bonds. The van der Waals surface area contributed by atoms with E-state index < -0.39 is 0 Å². The van der Waals surface area contributed by atoms with Crippen LogP contribution in [0.5, 0.6) is 0 Å². The molecule has 5 rings (SSSR count). The van der Waals surface area contributed by atoms with Crippen LogP contribution in [0.3, 0.4) is 0 Å². The maximum Gasteiger partial charge on any atom is 0.0999 e. The molecule has 36 heavy (non-hydrogen) atoms. The van der Waals surface area contributed by atoms with Crippen molar-refractivity contribution in [3.05, 3.63) is 173 Å². The highest BCUT2D eigenvalue weighted by atomic mass is 35.5. The molecule has 0 heterocycles. The van der Waals surface area contributed by atoms with Crippen LogP contribution < -0.4 is 5.32 Å². The molecule has 0 aliphatic heterocycles. The lowest BCUT2D eigenvalue weighted by Gasteiger charge is -2.28. The molecule has 176 valence electrons. The van der Waals surface area contributed by atoms with Crippen molar-refractivity contribution in [3.63, 3.8) is 0 Å². The lowest BCUT2D eigenvalue weighted by Crippen LogP contribution is -2.20. The Hall–Kier alpha value is -4.14. The van der Waals surface area contributed by atoms with E-state index in [1.54, 1.807) is 0 Å². The Morgan fingerprint density at radius 3 is 1.53 bits per heavy atom. The Bertz CT molecular complexity index is 1340. The Labute approximate surface area is 218 Å².